The van der Waals surface area contributed by atoms with E-state index >= 15 is 0 Å². The minimum absolute atomic E-state index is 0.151. The zero-order chi connectivity index (χ0) is 22.6. The Morgan fingerprint density at radius 2 is 1.97 bits per heavy atom. The van der Waals surface area contributed by atoms with Crippen LogP contribution in [0.15, 0.2) is 84.9 Å². The molecule has 3 heterocycles. The number of benzene rings is 2. The normalized spacial score (nSPS) is 19.7. The average Bonchev–Trinajstić information content (AvgIpc) is 3.18. The summed E-state index contributed by atoms with van der Waals surface area (Å²) in [7, 11) is 0. The number of nitrogens with zero attached hydrogens (tertiary/aromatic N) is 2. The van der Waals surface area contributed by atoms with Crippen LogP contribution in [0.1, 0.15) is 52.4 Å². The maximum absolute atomic E-state index is 12.9. The van der Waals surface area contributed by atoms with Gasteiger partial charge < -0.3 is 9.84 Å². The van der Waals surface area contributed by atoms with E-state index in [1.807, 2.05) is 54.7 Å². The number of aromatic hydroxyl groups is 1. The van der Waals surface area contributed by atoms with E-state index in [2.05, 4.69) is 16.0 Å². The van der Waals surface area contributed by atoms with Crippen LogP contribution in [0.4, 0.5) is 0 Å². The third kappa shape index (κ3) is 4.45. The molecule has 0 saturated carbocycles. The van der Waals surface area contributed by atoms with Gasteiger partial charge in [-0.2, -0.15) is 0 Å². The summed E-state index contributed by atoms with van der Waals surface area (Å²) in [4.78, 5) is 19.6. The molecule has 0 bridgehead atoms. The predicted octanol–water partition coefficient (Wildman–Crippen LogP) is 5.69. The molecule has 166 valence electrons. The first kappa shape index (κ1) is 21.2. The summed E-state index contributed by atoms with van der Waals surface area (Å²) in [6, 6.07) is 17.4. The molecule has 0 radical (unpaired) electrons. The van der Waals surface area contributed by atoms with Crippen molar-refractivity contribution in [3.05, 3.63) is 107 Å². The summed E-state index contributed by atoms with van der Waals surface area (Å²) in [5, 5.41) is 10.7. The van der Waals surface area contributed by atoms with Crippen LogP contribution in [0.2, 0.25) is 0 Å². The summed E-state index contributed by atoms with van der Waals surface area (Å²) in [6.45, 7) is 1.42. The van der Waals surface area contributed by atoms with E-state index < -0.39 is 0 Å². The van der Waals surface area contributed by atoms with Crippen LogP contribution < -0.4 is 4.74 Å². The number of hydrogen-bond acceptors (Lipinski definition) is 5. The van der Waals surface area contributed by atoms with Crippen molar-refractivity contribution < 1.29 is 14.6 Å². The van der Waals surface area contributed by atoms with E-state index in [9.17, 15) is 9.90 Å². The first-order chi connectivity index (χ1) is 16.2. The van der Waals surface area contributed by atoms with E-state index in [1.165, 1.54) is 5.56 Å². The molecular weight excluding hydrogens is 412 g/mol. The van der Waals surface area contributed by atoms with Gasteiger partial charge in [0, 0.05) is 25.0 Å². The van der Waals surface area contributed by atoms with Gasteiger partial charge in [0.15, 0.2) is 5.76 Å². The fourth-order valence-electron chi connectivity index (χ4n) is 4.61. The first-order valence-corrected chi connectivity index (χ1v) is 11.4. The van der Waals surface area contributed by atoms with Crippen molar-refractivity contribution in [3.8, 4) is 11.5 Å². The van der Waals surface area contributed by atoms with Crippen molar-refractivity contribution in [2.75, 3.05) is 6.54 Å². The van der Waals surface area contributed by atoms with E-state index in [0.29, 0.717) is 23.4 Å². The number of phenols is 1. The molecule has 0 spiro atoms. The Morgan fingerprint density at radius 1 is 1.09 bits per heavy atom. The summed E-state index contributed by atoms with van der Waals surface area (Å²) in [5.74, 6) is 0.728. The van der Waals surface area contributed by atoms with E-state index in [0.717, 1.165) is 31.4 Å². The number of pyridine rings is 1. The van der Waals surface area contributed by atoms with Crippen molar-refractivity contribution >= 4 is 11.9 Å². The standard InChI is InChI=1S/C28H26N2O3/c31-25-15-14-22-27(32)26(13-6-10-20-8-2-1-3-9-20)33-28(22)23(25)19-30-17-5-4-12-24(30)21-11-7-16-29-18-21/h1-3,6-11,13-16,18,24,31H,4-5,12,17,19H2/b10-6+,26-13-/t24-/m0/s1. The Bertz CT molecular complexity index is 1200. The number of carbonyl (C=O) groups excluding carboxylic acids is 1. The van der Waals surface area contributed by atoms with Gasteiger partial charge in [-0.15, -0.1) is 0 Å². The smallest absolute Gasteiger partial charge is 0.231 e. The Balaban J connectivity index is 1.41. The molecule has 1 fully saturated rings. The van der Waals surface area contributed by atoms with E-state index in [-0.39, 0.29) is 23.3 Å². The number of Topliss-reactive ketones (excluding diaryl/α,β-unsaturated/α-hetero) is 1. The van der Waals surface area contributed by atoms with Gasteiger partial charge in [-0.3, -0.25) is 14.7 Å². The molecule has 5 rings (SSSR count). The number of likely N-dealkylation sites (tertiary alicyclic amines) is 1. The zero-order valence-electron chi connectivity index (χ0n) is 18.4. The Labute approximate surface area is 193 Å². The van der Waals surface area contributed by atoms with Gasteiger partial charge in [0.1, 0.15) is 11.5 Å². The molecule has 2 aliphatic rings. The molecule has 33 heavy (non-hydrogen) atoms. The molecule has 0 aliphatic carbocycles. The monoisotopic (exact) mass is 438 g/mol. The van der Waals surface area contributed by atoms with Gasteiger partial charge in [-0.1, -0.05) is 55.0 Å². The largest absolute Gasteiger partial charge is 0.507 e. The number of carbonyl (C=O) groups is 1. The fraction of sp³-hybridized carbons (Fsp3) is 0.214. The second kappa shape index (κ2) is 9.43. The highest BCUT2D eigenvalue weighted by Crippen LogP contribution is 2.41. The van der Waals surface area contributed by atoms with Crippen LogP contribution in [0, 0.1) is 0 Å². The molecule has 2 aliphatic heterocycles. The molecule has 5 nitrogen and oxygen atoms in total. The maximum atomic E-state index is 12.9. The molecular formula is C28H26N2O3. The van der Waals surface area contributed by atoms with Crippen LogP contribution >= 0.6 is 0 Å². The lowest BCUT2D eigenvalue weighted by Crippen LogP contribution is -2.33. The van der Waals surface area contributed by atoms with Crippen molar-refractivity contribution in [1.82, 2.24) is 9.88 Å². The third-order valence-electron chi connectivity index (χ3n) is 6.30. The van der Waals surface area contributed by atoms with Crippen molar-refractivity contribution in [3.63, 3.8) is 0 Å². The lowest BCUT2D eigenvalue weighted by Gasteiger charge is -2.36. The molecule has 3 aromatic rings. The van der Waals surface area contributed by atoms with Crippen molar-refractivity contribution in [2.24, 2.45) is 0 Å². The van der Waals surface area contributed by atoms with Gasteiger partial charge in [0.05, 0.1) is 11.1 Å². The summed E-state index contributed by atoms with van der Waals surface area (Å²) < 4.78 is 6.01. The Morgan fingerprint density at radius 3 is 2.79 bits per heavy atom. The Hall–Kier alpha value is -3.70. The van der Waals surface area contributed by atoms with Gasteiger partial charge in [0.25, 0.3) is 0 Å². The highest BCUT2D eigenvalue weighted by atomic mass is 16.5. The van der Waals surface area contributed by atoms with Crippen LogP contribution in [0.25, 0.3) is 6.08 Å². The highest BCUT2D eigenvalue weighted by molar-refractivity contribution is 6.12. The molecule has 0 unspecified atom stereocenters. The van der Waals surface area contributed by atoms with Gasteiger partial charge >= 0.3 is 0 Å². The number of aromatic nitrogens is 1. The van der Waals surface area contributed by atoms with E-state index in [1.54, 1.807) is 24.4 Å². The van der Waals surface area contributed by atoms with Crippen LogP contribution in [0.5, 0.6) is 11.5 Å². The number of rotatable bonds is 5. The number of allylic oxidation sites excluding steroid dienone is 3. The molecule has 1 aromatic heterocycles. The maximum Gasteiger partial charge on any atom is 0.231 e. The number of hydrogen-bond donors (Lipinski definition) is 1. The van der Waals surface area contributed by atoms with Crippen molar-refractivity contribution in [1.29, 1.82) is 0 Å². The van der Waals surface area contributed by atoms with Gasteiger partial charge in [-0.05, 0) is 54.8 Å². The molecule has 5 heteroatoms. The fourth-order valence-corrected chi connectivity index (χ4v) is 4.61. The topological polar surface area (TPSA) is 62.7 Å². The van der Waals surface area contributed by atoms with Crippen LogP contribution in [0.3, 0.4) is 0 Å². The molecule has 1 atom stereocenters. The average molecular weight is 439 g/mol. The molecule has 1 saturated heterocycles. The molecule has 0 amide bonds. The SMILES string of the molecule is O=C1/C(=C/C=C/c2ccccc2)Oc2c1ccc(O)c2CN1CCCC[C@H]1c1cccnc1. The number of phenolic OH excluding ortho intramolecular Hbond substituents is 1. The third-order valence-corrected chi connectivity index (χ3v) is 6.30. The van der Waals surface area contributed by atoms with Gasteiger partial charge in [0.2, 0.25) is 5.78 Å². The number of ether oxygens (including phenoxy) is 1. The number of fused-ring (bicyclic) bond motifs is 1. The van der Waals surface area contributed by atoms with Gasteiger partial charge in [-0.25, -0.2) is 0 Å². The van der Waals surface area contributed by atoms with Crippen molar-refractivity contribution in [2.45, 2.75) is 31.8 Å². The second-order valence-electron chi connectivity index (χ2n) is 8.44. The summed E-state index contributed by atoms with van der Waals surface area (Å²) in [6.07, 6.45) is 12.4. The summed E-state index contributed by atoms with van der Waals surface area (Å²) >= 11 is 0. The quantitative estimate of drug-likeness (QED) is 0.519. The molecule has 2 aromatic carbocycles. The number of ketones is 1. The lowest BCUT2D eigenvalue weighted by molar-refractivity contribution is 0.101. The highest BCUT2D eigenvalue weighted by Gasteiger charge is 2.33. The Kier molecular flexibility index (Phi) is 6.05. The minimum atomic E-state index is -0.161. The van der Waals surface area contributed by atoms with E-state index in [4.69, 9.17) is 4.74 Å². The van der Waals surface area contributed by atoms with Crippen LogP contribution in [-0.2, 0) is 6.54 Å². The number of piperidine rings is 1. The minimum Gasteiger partial charge on any atom is -0.507 e. The summed E-state index contributed by atoms with van der Waals surface area (Å²) in [5.41, 5.74) is 3.37. The predicted molar refractivity (Wildman–Crippen MR) is 128 cm³/mol. The first-order valence-electron chi connectivity index (χ1n) is 11.4. The molecule has 1 N–H and O–H groups in total. The zero-order valence-corrected chi connectivity index (χ0v) is 18.4. The van der Waals surface area contributed by atoms with Crippen LogP contribution in [-0.4, -0.2) is 27.3 Å². The lowest BCUT2D eigenvalue weighted by atomic mass is 9.95. The second-order valence-corrected chi connectivity index (χ2v) is 8.44.